The molecule has 0 aliphatic carbocycles. The van der Waals surface area contributed by atoms with E-state index in [0.29, 0.717) is 0 Å². The van der Waals surface area contributed by atoms with Gasteiger partial charge in [0.1, 0.15) is 6.11 Å². The predicted molar refractivity (Wildman–Crippen MR) is 63.1 cm³/mol. The summed E-state index contributed by atoms with van der Waals surface area (Å²) in [7, 11) is -0.450. The van der Waals surface area contributed by atoms with Gasteiger partial charge in [-0.15, -0.1) is 0 Å². The fraction of sp³-hybridized carbons (Fsp3) is 0.545. The normalized spacial score (nSPS) is 21.1. The minimum absolute atomic E-state index is 0.373. The zero-order valence-corrected chi connectivity index (χ0v) is 10.4. The van der Waals surface area contributed by atoms with E-state index in [-0.39, 0.29) is 11.2 Å². The van der Waals surface area contributed by atoms with Gasteiger partial charge in [-0.05, 0) is 27.7 Å². The second-order valence-corrected chi connectivity index (χ2v) is 5.03. The van der Waals surface area contributed by atoms with Gasteiger partial charge in [-0.3, -0.25) is 0 Å². The van der Waals surface area contributed by atoms with Crippen LogP contribution in [0.25, 0.3) is 0 Å². The molecule has 6 heteroatoms. The van der Waals surface area contributed by atoms with Crippen LogP contribution in [0.3, 0.4) is 0 Å². The predicted octanol–water partition coefficient (Wildman–Crippen LogP) is 0.321. The summed E-state index contributed by atoms with van der Waals surface area (Å²) >= 11 is 0. The second-order valence-electron chi connectivity index (χ2n) is 5.03. The van der Waals surface area contributed by atoms with E-state index in [2.05, 4.69) is 11.1 Å². The van der Waals surface area contributed by atoms with Crippen LogP contribution < -0.4 is 5.46 Å². The third-order valence-electron chi connectivity index (χ3n) is 3.29. The number of hydrogen-bond donors (Lipinski definition) is 1. The maximum Gasteiger partial charge on any atom is 0.498 e. The Morgan fingerprint density at radius 2 is 1.88 bits per heavy atom. The van der Waals surface area contributed by atoms with Gasteiger partial charge in [-0.1, -0.05) is 0 Å². The molecule has 5 nitrogen and oxygen atoms in total. The van der Waals surface area contributed by atoms with E-state index in [1.54, 1.807) is 18.5 Å². The van der Waals surface area contributed by atoms with Crippen molar-refractivity contribution >= 4 is 12.6 Å². The van der Waals surface area contributed by atoms with E-state index in [1.807, 2.05) is 27.7 Å². The van der Waals surface area contributed by atoms with Crippen molar-refractivity contribution in [3.05, 3.63) is 12.4 Å². The maximum absolute atomic E-state index is 8.48. The summed E-state index contributed by atoms with van der Waals surface area (Å²) in [5, 5.41) is 12.4. The lowest BCUT2D eigenvalue weighted by Gasteiger charge is -2.32. The van der Waals surface area contributed by atoms with Crippen LogP contribution in [0.2, 0.25) is 0 Å². The largest absolute Gasteiger partial charge is 0.498 e. The number of rotatable bonds is 1. The molecule has 1 saturated heterocycles. The number of nitrogens with zero attached hydrogens (tertiary/aromatic N) is 2. The maximum atomic E-state index is 8.48. The van der Waals surface area contributed by atoms with Gasteiger partial charge in [0.15, 0.2) is 0 Å². The summed E-state index contributed by atoms with van der Waals surface area (Å²) in [6.07, 6.45) is 5.08. The molecule has 90 valence electrons. The van der Waals surface area contributed by atoms with Gasteiger partial charge in [-0.2, -0.15) is 9.78 Å². The first-order valence-electron chi connectivity index (χ1n) is 5.41. The van der Waals surface area contributed by atoms with Crippen molar-refractivity contribution in [1.29, 1.82) is 0 Å². The Labute approximate surface area is 101 Å². The van der Waals surface area contributed by atoms with Gasteiger partial charge >= 0.3 is 7.12 Å². The molecule has 0 bridgehead atoms. The smallest absolute Gasteiger partial charge is 0.461 e. The van der Waals surface area contributed by atoms with Crippen molar-refractivity contribution in [2.24, 2.45) is 0 Å². The number of aromatic nitrogens is 2. The molecular weight excluding hydrogens is 219 g/mol. The van der Waals surface area contributed by atoms with Crippen LogP contribution in [-0.4, -0.2) is 33.2 Å². The highest BCUT2D eigenvalue weighted by Gasteiger charge is 2.52. The molecule has 1 N–H and O–H groups in total. The molecular formula is C11H15BN2O3. The van der Waals surface area contributed by atoms with Crippen LogP contribution >= 0.6 is 0 Å². The van der Waals surface area contributed by atoms with Crippen molar-refractivity contribution in [1.82, 2.24) is 9.78 Å². The molecule has 2 rings (SSSR count). The first-order chi connectivity index (χ1) is 7.86. The van der Waals surface area contributed by atoms with Gasteiger partial charge < -0.3 is 14.4 Å². The summed E-state index contributed by atoms with van der Waals surface area (Å²) < 4.78 is 13.0. The lowest BCUT2D eigenvalue weighted by molar-refractivity contribution is 0.00578. The summed E-state index contributed by atoms with van der Waals surface area (Å²) in [6, 6.07) is 2.39. The first kappa shape index (κ1) is 12.0. The van der Waals surface area contributed by atoms with E-state index in [1.165, 1.54) is 4.68 Å². The highest BCUT2D eigenvalue weighted by molar-refractivity contribution is 6.62. The Bertz CT molecular complexity index is 468. The van der Waals surface area contributed by atoms with Gasteiger partial charge in [0.25, 0.3) is 0 Å². The third-order valence-corrected chi connectivity index (χ3v) is 3.29. The summed E-state index contributed by atoms with van der Waals surface area (Å²) in [4.78, 5) is 0. The average molecular weight is 234 g/mol. The molecule has 1 aromatic rings. The molecule has 0 amide bonds. The quantitative estimate of drug-likeness (QED) is 0.561. The van der Waals surface area contributed by atoms with E-state index in [4.69, 9.17) is 14.4 Å². The van der Waals surface area contributed by atoms with Gasteiger partial charge in [-0.25, -0.2) is 0 Å². The van der Waals surface area contributed by atoms with Crippen LogP contribution in [-0.2, 0) is 9.31 Å². The zero-order valence-electron chi connectivity index (χ0n) is 10.4. The Kier molecular flexibility index (Phi) is 2.68. The van der Waals surface area contributed by atoms with Crippen LogP contribution in [0.15, 0.2) is 12.4 Å². The highest BCUT2D eigenvalue weighted by Crippen LogP contribution is 2.36. The highest BCUT2D eigenvalue weighted by atomic mass is 16.7. The Morgan fingerprint density at radius 1 is 1.29 bits per heavy atom. The van der Waals surface area contributed by atoms with Crippen molar-refractivity contribution in [2.45, 2.75) is 38.9 Å². The monoisotopic (exact) mass is 234 g/mol. The molecule has 0 atom stereocenters. The average Bonchev–Trinajstić information content (AvgIpc) is 2.71. The molecule has 0 aromatic carbocycles. The fourth-order valence-corrected chi connectivity index (χ4v) is 1.55. The topological polar surface area (TPSA) is 56.5 Å². The van der Waals surface area contributed by atoms with Crippen LogP contribution in [0.1, 0.15) is 27.7 Å². The zero-order chi connectivity index (χ0) is 12.7. The Hall–Kier alpha value is -1.45. The van der Waals surface area contributed by atoms with Gasteiger partial charge in [0, 0.05) is 17.9 Å². The van der Waals surface area contributed by atoms with Crippen molar-refractivity contribution < 1.29 is 14.4 Å². The standard InChI is InChI=1S/C11H15BN2O3/c1-10(2)11(3,4)17-12(16-10)9-7-13-14(8-9)5-6-15/h7-8,15H,1-4H3. The Balaban J connectivity index is 2.22. The molecule has 0 saturated carbocycles. The second kappa shape index (κ2) is 3.79. The SMILES string of the molecule is CC1(C)OB(c2cnn(C#CO)c2)OC1(C)C. The number of aliphatic hydroxyl groups is 1. The van der Waals surface area contributed by atoms with Crippen molar-refractivity contribution in [3.63, 3.8) is 0 Å². The third kappa shape index (κ3) is 2.04. The van der Waals surface area contributed by atoms with Crippen LogP contribution in [0.4, 0.5) is 0 Å². The van der Waals surface area contributed by atoms with E-state index in [0.717, 1.165) is 5.46 Å². The van der Waals surface area contributed by atoms with E-state index in [9.17, 15) is 0 Å². The lowest BCUT2D eigenvalue weighted by Crippen LogP contribution is -2.41. The summed E-state index contributed by atoms with van der Waals surface area (Å²) in [5.41, 5.74) is 0.0385. The molecule has 1 aliphatic rings. The van der Waals surface area contributed by atoms with Crippen LogP contribution in [0.5, 0.6) is 0 Å². The fourth-order valence-electron chi connectivity index (χ4n) is 1.55. The molecule has 17 heavy (non-hydrogen) atoms. The van der Waals surface area contributed by atoms with Crippen LogP contribution in [0, 0.1) is 12.2 Å². The minimum atomic E-state index is -0.450. The minimum Gasteiger partial charge on any atom is -0.461 e. The molecule has 0 unspecified atom stereocenters. The van der Waals surface area contributed by atoms with E-state index >= 15 is 0 Å². The van der Waals surface area contributed by atoms with Crippen molar-refractivity contribution in [2.75, 3.05) is 0 Å². The number of aliphatic hydroxyl groups excluding tert-OH is 1. The summed E-state index contributed by atoms with van der Waals surface area (Å²) in [5.74, 6) is 0. The molecule has 2 heterocycles. The van der Waals surface area contributed by atoms with Gasteiger partial charge in [0.2, 0.25) is 0 Å². The molecule has 1 aliphatic heterocycles. The lowest BCUT2D eigenvalue weighted by atomic mass is 9.82. The number of hydrogen-bond acceptors (Lipinski definition) is 4. The first-order valence-corrected chi connectivity index (χ1v) is 5.41. The molecule has 1 aromatic heterocycles. The summed E-state index contributed by atoms with van der Waals surface area (Å²) in [6.45, 7) is 7.96. The molecule has 1 fully saturated rings. The van der Waals surface area contributed by atoms with E-state index < -0.39 is 7.12 Å². The van der Waals surface area contributed by atoms with Gasteiger partial charge in [0.05, 0.1) is 17.2 Å². The Morgan fingerprint density at radius 3 is 2.41 bits per heavy atom. The van der Waals surface area contributed by atoms with Crippen molar-refractivity contribution in [3.8, 4) is 12.2 Å². The molecule has 0 radical (unpaired) electrons. The molecule has 0 spiro atoms.